The number of aryl methyl sites for hydroxylation is 1. The fourth-order valence-electron chi connectivity index (χ4n) is 2.46. The molecule has 112 valence electrons. The van der Waals surface area contributed by atoms with Crippen molar-refractivity contribution >= 4 is 24.8 Å². The van der Waals surface area contributed by atoms with E-state index in [1.165, 1.54) is 0 Å². The normalized spacial score (nSPS) is 16.4. The number of rotatable bonds is 3. The molecule has 2 rings (SSSR count). The average Bonchev–Trinajstić information content (AvgIpc) is 2.40. The van der Waals surface area contributed by atoms with E-state index in [1.807, 2.05) is 19.1 Å². The average molecular weight is 318 g/mol. The quantitative estimate of drug-likeness (QED) is 0.898. The summed E-state index contributed by atoms with van der Waals surface area (Å²) >= 11 is 0. The van der Waals surface area contributed by atoms with Crippen molar-refractivity contribution in [3.63, 3.8) is 0 Å². The minimum atomic E-state index is -0.00278. The lowest BCUT2D eigenvalue weighted by Crippen LogP contribution is -2.45. The van der Waals surface area contributed by atoms with E-state index in [0.29, 0.717) is 12.2 Å². The predicted octanol–water partition coefficient (Wildman–Crippen LogP) is 2.40. The maximum absolute atomic E-state index is 10.0. The van der Waals surface area contributed by atoms with Gasteiger partial charge in [0.2, 0.25) is 0 Å². The van der Waals surface area contributed by atoms with Crippen molar-refractivity contribution in [3.8, 4) is 11.8 Å². The van der Waals surface area contributed by atoms with Crippen LogP contribution in [0, 0.1) is 18.3 Å². The third-order valence-electron chi connectivity index (χ3n) is 3.42. The Bertz CT molecular complexity index is 456. The van der Waals surface area contributed by atoms with Crippen LogP contribution in [0.1, 0.15) is 23.6 Å². The summed E-state index contributed by atoms with van der Waals surface area (Å²) in [6.45, 7) is 5.71. The zero-order valence-electron chi connectivity index (χ0n) is 11.5. The number of nitrogens with zero attached hydrogens (tertiary/aromatic N) is 2. The molecule has 20 heavy (non-hydrogen) atoms. The molecule has 0 unspecified atom stereocenters. The summed E-state index contributed by atoms with van der Waals surface area (Å²) < 4.78 is 0. The summed E-state index contributed by atoms with van der Waals surface area (Å²) in [7, 11) is 0. The van der Waals surface area contributed by atoms with Crippen LogP contribution in [0.2, 0.25) is 0 Å². The minimum absolute atomic E-state index is 0. The maximum Gasteiger partial charge on any atom is 0.120 e. The number of aromatic hydroxyl groups is 1. The maximum atomic E-state index is 10.0. The third-order valence-corrected chi connectivity index (χ3v) is 3.42. The number of halogens is 2. The third kappa shape index (κ3) is 4.53. The smallest absolute Gasteiger partial charge is 0.120 e. The van der Waals surface area contributed by atoms with E-state index in [1.54, 1.807) is 6.07 Å². The van der Waals surface area contributed by atoms with Gasteiger partial charge >= 0.3 is 0 Å². The molecule has 0 bridgehead atoms. The molecule has 0 spiro atoms. The number of nitriles is 1. The van der Waals surface area contributed by atoms with Gasteiger partial charge in [0.25, 0.3) is 0 Å². The second-order valence-corrected chi connectivity index (χ2v) is 4.73. The van der Waals surface area contributed by atoms with Gasteiger partial charge in [-0.05, 0) is 13.0 Å². The number of hydrogen-bond acceptors (Lipinski definition) is 4. The highest BCUT2D eigenvalue weighted by Gasteiger charge is 2.24. The molecular weight excluding hydrogens is 297 g/mol. The number of nitrogens with one attached hydrogen (secondary N) is 1. The number of phenols is 1. The topological polar surface area (TPSA) is 59.3 Å². The van der Waals surface area contributed by atoms with Crippen LogP contribution in [0.5, 0.6) is 5.75 Å². The largest absolute Gasteiger partial charge is 0.508 e. The van der Waals surface area contributed by atoms with Crippen molar-refractivity contribution in [2.75, 3.05) is 26.2 Å². The van der Waals surface area contributed by atoms with Gasteiger partial charge < -0.3 is 10.4 Å². The van der Waals surface area contributed by atoms with E-state index >= 15 is 0 Å². The van der Waals surface area contributed by atoms with Gasteiger partial charge in [-0.2, -0.15) is 5.26 Å². The first-order chi connectivity index (χ1) is 8.72. The Morgan fingerprint density at radius 1 is 1.35 bits per heavy atom. The molecule has 4 nitrogen and oxygen atoms in total. The van der Waals surface area contributed by atoms with E-state index in [0.717, 1.165) is 37.3 Å². The number of benzene rings is 1. The van der Waals surface area contributed by atoms with Crippen molar-refractivity contribution in [1.82, 2.24) is 10.2 Å². The van der Waals surface area contributed by atoms with E-state index in [2.05, 4.69) is 16.3 Å². The molecule has 1 atom stereocenters. The molecule has 0 amide bonds. The molecule has 1 aliphatic rings. The van der Waals surface area contributed by atoms with E-state index in [9.17, 15) is 5.11 Å². The Hall–Kier alpha value is -0.990. The number of hydrogen-bond donors (Lipinski definition) is 2. The Morgan fingerprint density at radius 3 is 2.60 bits per heavy atom. The van der Waals surface area contributed by atoms with Crippen molar-refractivity contribution in [2.45, 2.75) is 19.4 Å². The van der Waals surface area contributed by atoms with Gasteiger partial charge in [0.05, 0.1) is 18.5 Å². The Morgan fingerprint density at radius 2 is 2.00 bits per heavy atom. The summed E-state index contributed by atoms with van der Waals surface area (Å²) in [5, 5.41) is 22.3. The second-order valence-electron chi connectivity index (χ2n) is 4.73. The molecule has 2 N–H and O–H groups in total. The Kier molecular flexibility index (Phi) is 8.59. The summed E-state index contributed by atoms with van der Waals surface area (Å²) in [4.78, 5) is 2.27. The first kappa shape index (κ1) is 19.0. The second kappa shape index (κ2) is 9.04. The van der Waals surface area contributed by atoms with Crippen LogP contribution < -0.4 is 5.32 Å². The molecule has 1 heterocycles. The van der Waals surface area contributed by atoms with Gasteiger partial charge in [-0.1, -0.05) is 17.7 Å². The van der Waals surface area contributed by atoms with E-state index in [-0.39, 0.29) is 30.9 Å². The minimum Gasteiger partial charge on any atom is -0.508 e. The molecule has 1 saturated heterocycles. The Labute approximate surface area is 132 Å². The van der Waals surface area contributed by atoms with Gasteiger partial charge in [-0.3, -0.25) is 4.90 Å². The zero-order valence-corrected chi connectivity index (χ0v) is 13.1. The van der Waals surface area contributed by atoms with Gasteiger partial charge in [0.15, 0.2) is 0 Å². The van der Waals surface area contributed by atoms with Crippen molar-refractivity contribution in [2.24, 2.45) is 0 Å². The SMILES string of the molecule is Cc1ccc(O)c([C@H](CC#N)N2CCNCC2)c1.Cl.Cl. The van der Waals surface area contributed by atoms with Gasteiger partial charge in [0.1, 0.15) is 5.75 Å². The molecule has 1 aromatic rings. The fourth-order valence-corrected chi connectivity index (χ4v) is 2.46. The van der Waals surface area contributed by atoms with Crippen molar-refractivity contribution < 1.29 is 5.11 Å². The van der Waals surface area contributed by atoms with Crippen molar-refractivity contribution in [3.05, 3.63) is 29.3 Å². The zero-order chi connectivity index (χ0) is 13.0. The lowest BCUT2D eigenvalue weighted by molar-refractivity contribution is 0.173. The summed E-state index contributed by atoms with van der Waals surface area (Å²) in [6.07, 6.45) is 0.414. The monoisotopic (exact) mass is 317 g/mol. The molecule has 0 saturated carbocycles. The highest BCUT2D eigenvalue weighted by Crippen LogP contribution is 2.31. The van der Waals surface area contributed by atoms with Crippen LogP contribution in [-0.4, -0.2) is 36.2 Å². The summed E-state index contributed by atoms with van der Waals surface area (Å²) in [5.74, 6) is 0.291. The first-order valence-corrected chi connectivity index (χ1v) is 6.33. The molecule has 0 aromatic heterocycles. The summed E-state index contributed by atoms with van der Waals surface area (Å²) in [5.41, 5.74) is 1.99. The van der Waals surface area contributed by atoms with Crippen LogP contribution in [0.15, 0.2) is 18.2 Å². The molecule has 0 radical (unpaired) electrons. The fraction of sp³-hybridized carbons (Fsp3) is 0.500. The molecule has 1 aliphatic heterocycles. The predicted molar refractivity (Wildman–Crippen MR) is 84.8 cm³/mol. The van der Waals surface area contributed by atoms with Crippen LogP contribution in [-0.2, 0) is 0 Å². The van der Waals surface area contributed by atoms with Crippen LogP contribution in [0.4, 0.5) is 0 Å². The number of piperazine rings is 1. The lowest BCUT2D eigenvalue weighted by atomic mass is 9.99. The van der Waals surface area contributed by atoms with Gasteiger partial charge in [-0.15, -0.1) is 24.8 Å². The molecule has 1 fully saturated rings. The van der Waals surface area contributed by atoms with E-state index in [4.69, 9.17) is 5.26 Å². The van der Waals surface area contributed by atoms with Crippen LogP contribution >= 0.6 is 24.8 Å². The molecule has 6 heteroatoms. The van der Waals surface area contributed by atoms with Crippen LogP contribution in [0.3, 0.4) is 0 Å². The first-order valence-electron chi connectivity index (χ1n) is 6.33. The van der Waals surface area contributed by atoms with Gasteiger partial charge in [0, 0.05) is 31.7 Å². The highest BCUT2D eigenvalue weighted by molar-refractivity contribution is 5.85. The summed E-state index contributed by atoms with van der Waals surface area (Å²) in [6, 6.07) is 7.83. The number of phenolic OH excluding ortho intramolecular Hbond substituents is 1. The van der Waals surface area contributed by atoms with E-state index < -0.39 is 0 Å². The standard InChI is InChI=1S/C14H19N3O.2ClH/c1-11-2-3-14(18)12(10-11)13(4-5-15)17-8-6-16-7-9-17;;/h2-3,10,13,16,18H,4,6-9H2,1H3;2*1H/t13-;;/m0../s1. The molecular formula is C14H21Cl2N3O. The van der Waals surface area contributed by atoms with Gasteiger partial charge in [-0.25, -0.2) is 0 Å². The molecule has 1 aromatic carbocycles. The highest BCUT2D eigenvalue weighted by atomic mass is 35.5. The van der Waals surface area contributed by atoms with Crippen molar-refractivity contribution in [1.29, 1.82) is 5.26 Å². The Balaban J connectivity index is 0.00000180. The lowest BCUT2D eigenvalue weighted by Gasteiger charge is -2.34. The van der Waals surface area contributed by atoms with Crippen LogP contribution in [0.25, 0.3) is 0 Å². The molecule has 0 aliphatic carbocycles.